The lowest BCUT2D eigenvalue weighted by Gasteiger charge is -2.37. The minimum absolute atomic E-state index is 0.000294. The standard InChI is InChI=1S/C32H26Cl3N3O3S/c33-25-11-10-24-27(34)30(42-29(24)28(25)35)32(40)38(18-19-3-1-4-21(17-19)20-12-14-36-15-13-20)23-8-6-22(7-9-23)37-31(39)26-5-2-16-41-26/h1-5,10-17,22-23H,6-9,18H2,(H,37,39). The van der Waals surface area contributed by atoms with Crippen LogP contribution in [-0.4, -0.2) is 33.8 Å². The molecule has 1 aliphatic carbocycles. The molecule has 2 amide bonds. The second kappa shape index (κ2) is 12.5. The van der Waals surface area contributed by atoms with Gasteiger partial charge in [0.1, 0.15) is 4.88 Å². The molecule has 1 fully saturated rings. The number of hydrogen-bond donors (Lipinski definition) is 1. The van der Waals surface area contributed by atoms with E-state index in [4.69, 9.17) is 39.2 Å². The largest absolute Gasteiger partial charge is 0.459 e. The summed E-state index contributed by atoms with van der Waals surface area (Å²) in [6.07, 6.45) is 7.95. The smallest absolute Gasteiger partial charge is 0.287 e. The number of carbonyl (C=O) groups is 2. The Hall–Kier alpha value is -3.36. The molecule has 0 atom stereocenters. The van der Waals surface area contributed by atoms with Crippen molar-refractivity contribution in [3.63, 3.8) is 0 Å². The highest BCUT2D eigenvalue weighted by Crippen LogP contribution is 2.43. The molecule has 214 valence electrons. The number of hydrogen-bond acceptors (Lipinski definition) is 5. The van der Waals surface area contributed by atoms with Crippen molar-refractivity contribution in [1.82, 2.24) is 15.2 Å². The number of pyridine rings is 1. The van der Waals surface area contributed by atoms with Gasteiger partial charge in [0.2, 0.25) is 0 Å². The van der Waals surface area contributed by atoms with Crippen LogP contribution in [0.3, 0.4) is 0 Å². The first-order valence-electron chi connectivity index (χ1n) is 13.6. The van der Waals surface area contributed by atoms with E-state index in [-0.39, 0.29) is 23.9 Å². The lowest BCUT2D eigenvalue weighted by atomic mass is 9.89. The number of nitrogens with zero attached hydrogens (tertiary/aromatic N) is 2. The van der Waals surface area contributed by atoms with Crippen molar-refractivity contribution in [2.24, 2.45) is 0 Å². The number of fused-ring (bicyclic) bond motifs is 1. The van der Waals surface area contributed by atoms with Gasteiger partial charge in [-0.25, -0.2) is 0 Å². The highest BCUT2D eigenvalue weighted by Gasteiger charge is 2.33. The molecule has 1 N–H and O–H groups in total. The number of benzene rings is 2. The number of thiophene rings is 1. The first kappa shape index (κ1) is 28.7. The number of amides is 2. The topological polar surface area (TPSA) is 75.4 Å². The van der Waals surface area contributed by atoms with E-state index in [2.05, 4.69) is 16.4 Å². The summed E-state index contributed by atoms with van der Waals surface area (Å²) in [5.74, 6) is -0.0798. The van der Waals surface area contributed by atoms with Crippen LogP contribution >= 0.6 is 46.1 Å². The summed E-state index contributed by atoms with van der Waals surface area (Å²) in [7, 11) is 0. The van der Waals surface area contributed by atoms with Crippen LogP contribution in [-0.2, 0) is 6.54 Å². The van der Waals surface area contributed by atoms with Crippen LogP contribution in [0, 0.1) is 0 Å². The molecule has 0 radical (unpaired) electrons. The minimum atomic E-state index is -0.225. The fourth-order valence-electron chi connectivity index (χ4n) is 5.49. The number of nitrogens with one attached hydrogen (secondary N) is 1. The van der Waals surface area contributed by atoms with Crippen molar-refractivity contribution in [3.8, 4) is 11.1 Å². The number of rotatable bonds is 7. The van der Waals surface area contributed by atoms with Gasteiger partial charge in [0.25, 0.3) is 11.8 Å². The predicted molar refractivity (Wildman–Crippen MR) is 169 cm³/mol. The Morgan fingerprint density at radius 2 is 1.71 bits per heavy atom. The van der Waals surface area contributed by atoms with Crippen LogP contribution in [0.5, 0.6) is 0 Å². The van der Waals surface area contributed by atoms with Crippen LogP contribution in [0.15, 0.2) is 83.7 Å². The highest BCUT2D eigenvalue weighted by atomic mass is 35.5. The molecule has 3 heterocycles. The van der Waals surface area contributed by atoms with Crippen LogP contribution in [0.1, 0.15) is 51.5 Å². The zero-order valence-corrected chi connectivity index (χ0v) is 25.4. The Kier molecular flexibility index (Phi) is 8.54. The van der Waals surface area contributed by atoms with Gasteiger partial charge in [-0.15, -0.1) is 11.3 Å². The fraction of sp³-hybridized carbons (Fsp3) is 0.219. The van der Waals surface area contributed by atoms with Gasteiger partial charge in [0, 0.05) is 36.4 Å². The Balaban J connectivity index is 1.28. The van der Waals surface area contributed by atoms with Crippen LogP contribution in [0.2, 0.25) is 15.1 Å². The van der Waals surface area contributed by atoms with E-state index in [1.165, 1.54) is 17.6 Å². The van der Waals surface area contributed by atoms with E-state index < -0.39 is 0 Å². The van der Waals surface area contributed by atoms with Crippen molar-refractivity contribution >= 4 is 68.0 Å². The third-order valence-corrected chi connectivity index (χ3v) is 10.3. The van der Waals surface area contributed by atoms with E-state index in [1.807, 2.05) is 35.2 Å². The Labute approximate surface area is 262 Å². The summed E-state index contributed by atoms with van der Waals surface area (Å²) in [4.78, 5) is 33.3. The molecule has 1 aliphatic rings. The van der Waals surface area contributed by atoms with Crippen molar-refractivity contribution in [2.75, 3.05) is 0 Å². The summed E-state index contributed by atoms with van der Waals surface area (Å²) in [6.45, 7) is 0.408. The lowest BCUT2D eigenvalue weighted by molar-refractivity contribution is 0.0596. The van der Waals surface area contributed by atoms with Gasteiger partial charge in [0.05, 0.1) is 26.0 Å². The SMILES string of the molecule is O=C(NC1CCC(N(Cc2cccc(-c3ccncc3)c2)C(=O)c2sc3c(Cl)c(Cl)ccc3c2Cl)CC1)c1ccco1. The molecule has 2 aromatic carbocycles. The quantitative estimate of drug-likeness (QED) is 0.193. The van der Waals surface area contributed by atoms with E-state index in [0.717, 1.165) is 42.4 Å². The van der Waals surface area contributed by atoms with Crippen molar-refractivity contribution in [3.05, 3.63) is 111 Å². The van der Waals surface area contributed by atoms with Crippen LogP contribution in [0.4, 0.5) is 0 Å². The van der Waals surface area contributed by atoms with E-state index in [1.54, 1.807) is 36.7 Å². The lowest BCUT2D eigenvalue weighted by Crippen LogP contribution is -2.45. The molecule has 42 heavy (non-hydrogen) atoms. The number of aromatic nitrogens is 1. The average molecular weight is 639 g/mol. The van der Waals surface area contributed by atoms with Gasteiger partial charge in [0.15, 0.2) is 5.76 Å². The second-order valence-electron chi connectivity index (χ2n) is 10.3. The second-order valence-corrected chi connectivity index (χ2v) is 12.5. The molecule has 10 heteroatoms. The third kappa shape index (κ3) is 5.92. The van der Waals surface area contributed by atoms with Gasteiger partial charge in [-0.1, -0.05) is 59.1 Å². The monoisotopic (exact) mass is 637 g/mol. The van der Waals surface area contributed by atoms with Crippen LogP contribution in [0.25, 0.3) is 21.2 Å². The first-order chi connectivity index (χ1) is 20.4. The molecule has 0 aliphatic heterocycles. The minimum Gasteiger partial charge on any atom is -0.459 e. The zero-order chi connectivity index (χ0) is 29.2. The van der Waals surface area contributed by atoms with E-state index >= 15 is 0 Å². The first-order valence-corrected chi connectivity index (χ1v) is 15.5. The maximum atomic E-state index is 14.3. The molecule has 0 unspecified atom stereocenters. The zero-order valence-electron chi connectivity index (χ0n) is 22.4. The molecule has 6 nitrogen and oxygen atoms in total. The van der Waals surface area contributed by atoms with Gasteiger partial charge in [-0.05, 0) is 78.8 Å². The molecule has 0 saturated heterocycles. The molecule has 6 rings (SSSR count). The van der Waals surface area contributed by atoms with Crippen LogP contribution < -0.4 is 5.32 Å². The molecular weight excluding hydrogens is 613 g/mol. The van der Waals surface area contributed by atoms with Crippen molar-refractivity contribution in [1.29, 1.82) is 0 Å². The molecule has 0 spiro atoms. The normalized spacial score (nSPS) is 16.8. The van der Waals surface area contributed by atoms with Gasteiger partial charge < -0.3 is 14.6 Å². The molecule has 1 saturated carbocycles. The Morgan fingerprint density at radius 1 is 0.929 bits per heavy atom. The number of halogens is 3. The third-order valence-electron chi connectivity index (χ3n) is 7.66. The fourth-order valence-corrected chi connectivity index (χ4v) is 7.49. The van der Waals surface area contributed by atoms with Crippen molar-refractivity contribution < 1.29 is 14.0 Å². The van der Waals surface area contributed by atoms with Crippen molar-refractivity contribution in [2.45, 2.75) is 44.3 Å². The average Bonchev–Trinajstić information content (AvgIpc) is 3.68. The summed E-state index contributed by atoms with van der Waals surface area (Å²) >= 11 is 20.8. The summed E-state index contributed by atoms with van der Waals surface area (Å²) < 4.78 is 5.93. The maximum Gasteiger partial charge on any atom is 0.287 e. The van der Waals surface area contributed by atoms with Gasteiger partial charge in [-0.2, -0.15) is 0 Å². The Morgan fingerprint density at radius 3 is 2.45 bits per heavy atom. The Bertz CT molecular complexity index is 1730. The number of furan rings is 1. The number of carbonyl (C=O) groups excluding carboxylic acids is 2. The van der Waals surface area contributed by atoms with E-state index in [9.17, 15) is 9.59 Å². The maximum absolute atomic E-state index is 14.3. The molecule has 0 bridgehead atoms. The predicted octanol–water partition coefficient (Wildman–Crippen LogP) is 8.90. The summed E-state index contributed by atoms with van der Waals surface area (Å²) in [6, 6.07) is 18.9. The highest BCUT2D eigenvalue weighted by molar-refractivity contribution is 7.22. The van der Waals surface area contributed by atoms with Gasteiger partial charge >= 0.3 is 0 Å². The summed E-state index contributed by atoms with van der Waals surface area (Å²) in [5.41, 5.74) is 3.11. The molecular formula is C32H26Cl3N3O3S. The molecule has 3 aromatic heterocycles. The van der Waals surface area contributed by atoms with E-state index in [0.29, 0.717) is 42.3 Å². The summed E-state index contributed by atoms with van der Waals surface area (Å²) in [5, 5.41) is 4.97. The molecule has 5 aromatic rings. The van der Waals surface area contributed by atoms with Gasteiger partial charge in [-0.3, -0.25) is 14.6 Å².